The van der Waals surface area contributed by atoms with Crippen molar-refractivity contribution in [3.05, 3.63) is 32.9 Å². The molecule has 19 heavy (non-hydrogen) atoms. The lowest BCUT2D eigenvalue weighted by Gasteiger charge is -2.03. The zero-order chi connectivity index (χ0) is 14.4. The van der Waals surface area contributed by atoms with E-state index in [1.165, 1.54) is 12.1 Å². The van der Waals surface area contributed by atoms with E-state index in [-0.39, 0.29) is 11.4 Å². The van der Waals surface area contributed by atoms with Crippen molar-refractivity contribution in [2.24, 2.45) is 7.05 Å². The van der Waals surface area contributed by atoms with Crippen molar-refractivity contribution in [3.8, 4) is 11.4 Å². The number of benzene rings is 1. The van der Waals surface area contributed by atoms with Crippen LogP contribution >= 0.6 is 22.6 Å². The Morgan fingerprint density at radius 1 is 1.26 bits per heavy atom. The van der Waals surface area contributed by atoms with Gasteiger partial charge in [-0.05, 0) is 47.2 Å². The molecule has 0 saturated heterocycles. The Kier molecular flexibility index (Phi) is 3.54. The highest BCUT2D eigenvalue weighted by molar-refractivity contribution is 14.1. The number of halogens is 5. The molecule has 0 amide bonds. The molecule has 1 aromatic carbocycles. The van der Waals surface area contributed by atoms with Crippen LogP contribution in [0.3, 0.4) is 0 Å². The van der Waals surface area contributed by atoms with Gasteiger partial charge in [0.25, 0.3) is 0 Å². The summed E-state index contributed by atoms with van der Waals surface area (Å²) in [6.45, 7) is 1.71. The molecule has 0 N–H and O–H groups in total. The molecular weight excluding hydrogens is 377 g/mol. The normalized spacial score (nSPS) is 11.9. The third kappa shape index (κ3) is 2.72. The van der Waals surface area contributed by atoms with E-state index in [0.29, 0.717) is 10.2 Å². The molecule has 0 radical (unpaired) electrons. The highest BCUT2D eigenvalue weighted by Crippen LogP contribution is 2.30. The molecule has 8 heteroatoms. The number of hydrogen-bond donors (Lipinski definition) is 0. The summed E-state index contributed by atoms with van der Waals surface area (Å²) in [7, 11) is 1.12. The molecule has 0 unspecified atom stereocenters. The molecule has 3 nitrogen and oxygen atoms in total. The number of nitrogens with zero attached hydrogens (tertiary/aromatic N) is 3. The Morgan fingerprint density at radius 3 is 2.42 bits per heavy atom. The van der Waals surface area contributed by atoms with Gasteiger partial charge in [-0.1, -0.05) is 0 Å². The van der Waals surface area contributed by atoms with Crippen molar-refractivity contribution in [1.29, 1.82) is 0 Å². The van der Waals surface area contributed by atoms with E-state index in [0.717, 1.165) is 10.6 Å². The van der Waals surface area contributed by atoms with E-state index in [4.69, 9.17) is 0 Å². The Hall–Kier alpha value is -1.19. The summed E-state index contributed by atoms with van der Waals surface area (Å²) >= 11 is 1.97. The van der Waals surface area contributed by atoms with Gasteiger partial charge in [0.2, 0.25) is 5.82 Å². The summed E-state index contributed by atoms with van der Waals surface area (Å²) in [6.07, 6.45) is -4.62. The lowest BCUT2D eigenvalue weighted by molar-refractivity contribution is -0.147. The maximum atomic E-state index is 13.8. The summed E-state index contributed by atoms with van der Waals surface area (Å²) < 4.78 is 52.9. The first kappa shape index (κ1) is 14.2. The number of alkyl halides is 3. The second-order valence-electron chi connectivity index (χ2n) is 3.96. The van der Waals surface area contributed by atoms with Gasteiger partial charge in [-0.25, -0.2) is 14.1 Å². The zero-order valence-corrected chi connectivity index (χ0v) is 12.0. The Balaban J connectivity index is 2.58. The van der Waals surface area contributed by atoms with Crippen LogP contribution in [-0.4, -0.2) is 14.8 Å². The highest BCUT2D eigenvalue weighted by atomic mass is 127. The highest BCUT2D eigenvalue weighted by Gasteiger charge is 2.37. The average Bonchev–Trinajstić information content (AvgIpc) is 2.65. The van der Waals surface area contributed by atoms with Crippen molar-refractivity contribution in [2.45, 2.75) is 13.1 Å². The van der Waals surface area contributed by atoms with Gasteiger partial charge in [0.15, 0.2) is 5.82 Å². The molecule has 0 spiro atoms. The first-order valence-corrected chi connectivity index (χ1v) is 6.22. The molecule has 2 rings (SSSR count). The predicted octanol–water partition coefficient (Wildman–Crippen LogP) is 3.55. The number of aromatic nitrogens is 3. The molecule has 0 aliphatic heterocycles. The summed E-state index contributed by atoms with van der Waals surface area (Å²) in [5.41, 5.74) is 0.662. The molecule has 1 aromatic heterocycles. The molecule has 0 atom stereocenters. The molecule has 102 valence electrons. The molecule has 0 bridgehead atoms. The van der Waals surface area contributed by atoms with Crippen LogP contribution in [0, 0.1) is 16.3 Å². The van der Waals surface area contributed by atoms with E-state index in [1.54, 1.807) is 6.92 Å². The summed E-state index contributed by atoms with van der Waals surface area (Å²) in [5.74, 6) is -2.07. The SMILES string of the molecule is Cc1cc(F)c(-c2nc(C(F)(F)F)n(C)n2)cc1I. The molecule has 0 saturated carbocycles. The fourth-order valence-electron chi connectivity index (χ4n) is 1.56. The van der Waals surface area contributed by atoms with Crippen LogP contribution in [0.2, 0.25) is 0 Å². The Labute approximate surface area is 119 Å². The predicted molar refractivity (Wildman–Crippen MR) is 68.9 cm³/mol. The number of aryl methyl sites for hydroxylation is 2. The smallest absolute Gasteiger partial charge is 0.245 e. The Morgan fingerprint density at radius 2 is 1.89 bits per heavy atom. The standard InChI is InChI=1S/C11H8F4IN3/c1-5-3-7(12)6(4-8(5)16)9-17-10(11(13,14)15)19(2)18-9/h3-4H,1-2H3. The van der Waals surface area contributed by atoms with Crippen LogP contribution < -0.4 is 0 Å². The van der Waals surface area contributed by atoms with E-state index >= 15 is 0 Å². The Bertz CT molecular complexity index is 634. The maximum absolute atomic E-state index is 13.8. The van der Waals surface area contributed by atoms with Crippen molar-refractivity contribution in [1.82, 2.24) is 14.8 Å². The first-order chi connectivity index (χ1) is 8.70. The molecule has 0 fully saturated rings. The monoisotopic (exact) mass is 385 g/mol. The quantitative estimate of drug-likeness (QED) is 0.556. The van der Waals surface area contributed by atoms with E-state index in [2.05, 4.69) is 10.1 Å². The third-order valence-corrected chi connectivity index (χ3v) is 3.67. The maximum Gasteiger partial charge on any atom is 0.451 e. The van der Waals surface area contributed by atoms with Crippen LogP contribution in [0.25, 0.3) is 11.4 Å². The van der Waals surface area contributed by atoms with Crippen LogP contribution in [0.5, 0.6) is 0 Å². The minimum absolute atomic E-state index is 0.0406. The lowest BCUT2D eigenvalue weighted by atomic mass is 10.1. The molecule has 0 aliphatic carbocycles. The van der Waals surface area contributed by atoms with E-state index < -0.39 is 17.8 Å². The second-order valence-corrected chi connectivity index (χ2v) is 5.12. The third-order valence-electron chi connectivity index (χ3n) is 2.51. The minimum Gasteiger partial charge on any atom is -0.245 e. The zero-order valence-electron chi connectivity index (χ0n) is 9.89. The lowest BCUT2D eigenvalue weighted by Crippen LogP contribution is -2.13. The fraction of sp³-hybridized carbons (Fsp3) is 0.273. The van der Waals surface area contributed by atoms with Crippen LogP contribution in [0.1, 0.15) is 11.4 Å². The van der Waals surface area contributed by atoms with E-state index in [1.807, 2.05) is 22.6 Å². The average molecular weight is 385 g/mol. The van der Waals surface area contributed by atoms with Gasteiger partial charge in [0, 0.05) is 10.6 Å². The molecule has 0 aliphatic rings. The first-order valence-electron chi connectivity index (χ1n) is 5.14. The van der Waals surface area contributed by atoms with Crippen molar-refractivity contribution >= 4 is 22.6 Å². The summed E-state index contributed by atoms with van der Waals surface area (Å²) in [4.78, 5) is 3.37. The van der Waals surface area contributed by atoms with Gasteiger partial charge < -0.3 is 0 Å². The fourth-order valence-corrected chi connectivity index (χ4v) is 2.03. The van der Waals surface area contributed by atoms with Crippen LogP contribution in [-0.2, 0) is 13.2 Å². The van der Waals surface area contributed by atoms with E-state index in [9.17, 15) is 17.6 Å². The van der Waals surface area contributed by atoms with Crippen LogP contribution in [0.4, 0.5) is 17.6 Å². The van der Waals surface area contributed by atoms with Crippen molar-refractivity contribution in [2.75, 3.05) is 0 Å². The van der Waals surface area contributed by atoms with Gasteiger partial charge in [-0.15, -0.1) is 0 Å². The van der Waals surface area contributed by atoms with Gasteiger partial charge in [-0.3, -0.25) is 0 Å². The minimum atomic E-state index is -4.62. The van der Waals surface area contributed by atoms with Gasteiger partial charge in [-0.2, -0.15) is 18.3 Å². The van der Waals surface area contributed by atoms with Gasteiger partial charge >= 0.3 is 6.18 Å². The van der Waals surface area contributed by atoms with Crippen LogP contribution in [0.15, 0.2) is 12.1 Å². The largest absolute Gasteiger partial charge is 0.451 e. The molecule has 2 aromatic rings. The molecular formula is C11H8F4IN3. The summed E-state index contributed by atoms with van der Waals surface area (Å²) in [6, 6.07) is 2.68. The topological polar surface area (TPSA) is 30.7 Å². The number of hydrogen-bond acceptors (Lipinski definition) is 2. The molecule has 1 heterocycles. The second kappa shape index (κ2) is 4.73. The number of rotatable bonds is 1. The van der Waals surface area contributed by atoms with Gasteiger partial charge in [0.05, 0.1) is 5.56 Å². The van der Waals surface area contributed by atoms with Crippen molar-refractivity contribution < 1.29 is 17.6 Å². The van der Waals surface area contributed by atoms with Gasteiger partial charge in [0.1, 0.15) is 5.82 Å². The van der Waals surface area contributed by atoms with Crippen molar-refractivity contribution in [3.63, 3.8) is 0 Å². The summed E-state index contributed by atoms with van der Waals surface area (Å²) in [5, 5.41) is 3.62.